The molecular formula is C38H75NO5. The Hall–Kier alpha value is -0.950. The van der Waals surface area contributed by atoms with Crippen molar-refractivity contribution in [1.82, 2.24) is 5.32 Å². The molecule has 4 atom stereocenters. The van der Waals surface area contributed by atoms with Crippen LogP contribution in [-0.4, -0.2) is 57.3 Å². The van der Waals surface area contributed by atoms with Crippen LogP contribution in [-0.2, 0) is 4.79 Å². The molecule has 0 fully saturated rings. The van der Waals surface area contributed by atoms with Crippen molar-refractivity contribution in [2.75, 3.05) is 6.61 Å². The molecule has 0 spiro atoms. The Bertz CT molecular complexity index is 628. The normalized spacial score (nSPS) is 14.6. The third kappa shape index (κ3) is 27.4. The summed E-state index contributed by atoms with van der Waals surface area (Å²) in [4.78, 5) is 12.4. The Labute approximate surface area is 272 Å². The minimum atomic E-state index is -1.25. The monoisotopic (exact) mass is 626 g/mol. The average molecular weight is 626 g/mol. The van der Waals surface area contributed by atoms with E-state index in [0.29, 0.717) is 12.8 Å². The van der Waals surface area contributed by atoms with Gasteiger partial charge in [-0.2, -0.15) is 0 Å². The molecule has 0 aromatic carbocycles. The van der Waals surface area contributed by atoms with E-state index in [1.165, 1.54) is 122 Å². The summed E-state index contributed by atoms with van der Waals surface area (Å²) in [5.41, 5.74) is 0. The molecule has 0 aliphatic rings. The number of hydrogen-bond acceptors (Lipinski definition) is 5. The summed E-state index contributed by atoms with van der Waals surface area (Å²) in [5.74, 6) is -0.592. The number of nitrogens with one attached hydrogen (secondary N) is 1. The van der Waals surface area contributed by atoms with Gasteiger partial charge in [0.05, 0.1) is 18.8 Å². The van der Waals surface area contributed by atoms with Crippen molar-refractivity contribution in [2.45, 2.75) is 218 Å². The fraction of sp³-hybridized carbons (Fsp3) is 0.921. The fourth-order valence-electron chi connectivity index (χ4n) is 5.87. The lowest BCUT2D eigenvalue weighted by molar-refractivity contribution is -0.132. The van der Waals surface area contributed by atoms with Gasteiger partial charge in [0.25, 0.3) is 0 Å². The van der Waals surface area contributed by atoms with Crippen molar-refractivity contribution in [2.24, 2.45) is 0 Å². The number of allylic oxidation sites excluding steroid dienone is 2. The molecule has 0 aromatic heterocycles. The number of unbranched alkanes of at least 4 members (excludes halogenated alkanes) is 23. The minimum absolute atomic E-state index is 0.364. The van der Waals surface area contributed by atoms with Crippen molar-refractivity contribution < 1.29 is 25.2 Å². The van der Waals surface area contributed by atoms with Crippen LogP contribution >= 0.6 is 0 Å². The molecule has 6 nitrogen and oxygen atoms in total. The predicted molar refractivity (Wildman–Crippen MR) is 187 cm³/mol. The molecule has 0 radical (unpaired) electrons. The topological polar surface area (TPSA) is 110 Å². The van der Waals surface area contributed by atoms with Gasteiger partial charge in [-0.3, -0.25) is 4.79 Å². The lowest BCUT2D eigenvalue weighted by Gasteiger charge is -2.27. The molecule has 0 rings (SSSR count). The summed E-state index contributed by atoms with van der Waals surface area (Å²) in [5, 5.41) is 43.2. The quantitative estimate of drug-likeness (QED) is 0.0362. The second-order valence-electron chi connectivity index (χ2n) is 13.3. The summed E-state index contributed by atoms with van der Waals surface area (Å²) >= 11 is 0. The van der Waals surface area contributed by atoms with Crippen LogP contribution in [0.2, 0.25) is 0 Å². The molecule has 262 valence electrons. The third-order valence-corrected chi connectivity index (χ3v) is 8.98. The number of aliphatic hydroxyl groups excluding tert-OH is 4. The Balaban J connectivity index is 3.70. The highest BCUT2D eigenvalue weighted by molar-refractivity contribution is 5.80. The van der Waals surface area contributed by atoms with Crippen molar-refractivity contribution in [3.8, 4) is 0 Å². The first-order valence-electron chi connectivity index (χ1n) is 19.1. The second kappa shape index (κ2) is 33.4. The number of carbonyl (C=O) groups is 1. The van der Waals surface area contributed by atoms with E-state index in [2.05, 4.69) is 31.3 Å². The molecule has 6 heteroatoms. The van der Waals surface area contributed by atoms with Gasteiger partial charge in [-0.25, -0.2) is 0 Å². The van der Waals surface area contributed by atoms with Gasteiger partial charge in [0, 0.05) is 0 Å². The van der Waals surface area contributed by atoms with E-state index in [0.717, 1.165) is 44.9 Å². The predicted octanol–water partition coefficient (Wildman–Crippen LogP) is 9.07. The second-order valence-corrected chi connectivity index (χ2v) is 13.3. The third-order valence-electron chi connectivity index (χ3n) is 8.98. The zero-order chi connectivity index (χ0) is 32.5. The fourth-order valence-corrected chi connectivity index (χ4v) is 5.87. The Morgan fingerprint density at radius 1 is 0.545 bits per heavy atom. The Morgan fingerprint density at radius 3 is 1.32 bits per heavy atom. The van der Waals surface area contributed by atoms with E-state index in [4.69, 9.17) is 0 Å². The van der Waals surface area contributed by atoms with Gasteiger partial charge >= 0.3 is 0 Å². The SMILES string of the molecule is CCCCCCCCCCCCC/C=C\CCCCCCCCC(O)C(=O)NC(CO)C(O)C(O)CCCCCCCCC. The summed E-state index contributed by atoms with van der Waals surface area (Å²) in [6.07, 6.45) is 34.0. The zero-order valence-electron chi connectivity index (χ0n) is 29.2. The van der Waals surface area contributed by atoms with Crippen molar-refractivity contribution >= 4 is 5.91 Å². The number of amides is 1. The highest BCUT2D eigenvalue weighted by atomic mass is 16.3. The molecule has 0 aromatic rings. The number of hydrogen-bond donors (Lipinski definition) is 5. The molecule has 44 heavy (non-hydrogen) atoms. The number of rotatable bonds is 34. The van der Waals surface area contributed by atoms with Gasteiger partial charge in [-0.05, 0) is 38.5 Å². The Kier molecular flexibility index (Phi) is 32.7. The van der Waals surface area contributed by atoms with E-state index in [9.17, 15) is 25.2 Å². The largest absolute Gasteiger partial charge is 0.394 e. The van der Waals surface area contributed by atoms with E-state index in [1.807, 2.05) is 0 Å². The van der Waals surface area contributed by atoms with Crippen LogP contribution in [0.5, 0.6) is 0 Å². The van der Waals surface area contributed by atoms with Gasteiger partial charge in [0.1, 0.15) is 12.2 Å². The van der Waals surface area contributed by atoms with Crippen LogP contribution in [0.3, 0.4) is 0 Å². The van der Waals surface area contributed by atoms with Crippen LogP contribution < -0.4 is 5.32 Å². The van der Waals surface area contributed by atoms with Gasteiger partial charge in [-0.1, -0.05) is 167 Å². The van der Waals surface area contributed by atoms with E-state index in [1.54, 1.807) is 0 Å². The number of carbonyl (C=O) groups excluding carboxylic acids is 1. The lowest BCUT2D eigenvalue weighted by atomic mass is 9.99. The molecule has 0 aliphatic heterocycles. The molecular weight excluding hydrogens is 550 g/mol. The van der Waals surface area contributed by atoms with Gasteiger partial charge < -0.3 is 25.7 Å². The average Bonchev–Trinajstić information content (AvgIpc) is 3.03. The molecule has 1 amide bonds. The van der Waals surface area contributed by atoms with E-state index >= 15 is 0 Å². The molecule has 0 saturated heterocycles. The van der Waals surface area contributed by atoms with Crippen LogP contribution in [0.25, 0.3) is 0 Å². The zero-order valence-corrected chi connectivity index (χ0v) is 29.2. The first kappa shape index (κ1) is 43.0. The molecule has 0 aliphatic carbocycles. The number of aliphatic hydroxyl groups is 4. The van der Waals surface area contributed by atoms with Crippen LogP contribution in [0.15, 0.2) is 12.2 Å². The Morgan fingerprint density at radius 2 is 0.909 bits per heavy atom. The van der Waals surface area contributed by atoms with Gasteiger partial charge in [-0.15, -0.1) is 0 Å². The maximum atomic E-state index is 12.4. The molecule has 0 heterocycles. The first-order valence-corrected chi connectivity index (χ1v) is 19.1. The van der Waals surface area contributed by atoms with Gasteiger partial charge in [0.15, 0.2) is 0 Å². The first-order chi connectivity index (χ1) is 21.5. The van der Waals surface area contributed by atoms with E-state index < -0.39 is 36.9 Å². The van der Waals surface area contributed by atoms with Crippen molar-refractivity contribution in [3.05, 3.63) is 12.2 Å². The molecule has 0 bridgehead atoms. The minimum Gasteiger partial charge on any atom is -0.394 e. The maximum absolute atomic E-state index is 12.4. The summed E-state index contributed by atoms with van der Waals surface area (Å²) in [7, 11) is 0. The summed E-state index contributed by atoms with van der Waals surface area (Å²) in [6, 6.07) is -0.981. The molecule has 4 unspecified atom stereocenters. The molecule has 5 N–H and O–H groups in total. The summed E-state index contributed by atoms with van der Waals surface area (Å²) in [6.45, 7) is 3.98. The van der Waals surface area contributed by atoms with Crippen LogP contribution in [0, 0.1) is 0 Å². The maximum Gasteiger partial charge on any atom is 0.249 e. The highest BCUT2D eigenvalue weighted by Crippen LogP contribution is 2.15. The highest BCUT2D eigenvalue weighted by Gasteiger charge is 2.28. The van der Waals surface area contributed by atoms with Crippen LogP contribution in [0.1, 0.15) is 194 Å². The molecule has 0 saturated carbocycles. The van der Waals surface area contributed by atoms with Crippen molar-refractivity contribution in [3.63, 3.8) is 0 Å². The van der Waals surface area contributed by atoms with Crippen LogP contribution in [0.4, 0.5) is 0 Å². The summed E-state index contributed by atoms with van der Waals surface area (Å²) < 4.78 is 0. The van der Waals surface area contributed by atoms with Crippen molar-refractivity contribution in [1.29, 1.82) is 0 Å². The van der Waals surface area contributed by atoms with E-state index in [-0.39, 0.29) is 0 Å². The lowest BCUT2D eigenvalue weighted by Crippen LogP contribution is -2.53. The van der Waals surface area contributed by atoms with Gasteiger partial charge in [0.2, 0.25) is 5.91 Å². The standard InChI is InChI=1S/C38H75NO5/c1-3-5-7-9-11-12-13-14-15-16-17-18-19-20-21-22-23-24-26-28-30-32-36(42)38(44)39-34(33-40)37(43)35(41)31-29-27-25-10-8-6-4-2/h19-20,34-37,40-43H,3-18,21-33H2,1-2H3,(H,39,44)/b20-19-. The smallest absolute Gasteiger partial charge is 0.249 e.